The van der Waals surface area contributed by atoms with Crippen LogP contribution in [0.5, 0.6) is 11.5 Å². The first kappa shape index (κ1) is 21.1. The van der Waals surface area contributed by atoms with Crippen LogP contribution < -0.4 is 26.5 Å². The van der Waals surface area contributed by atoms with Crippen molar-refractivity contribution in [2.75, 3.05) is 14.2 Å². The molecule has 0 spiro atoms. The molecule has 1 aliphatic heterocycles. The standard InChI is InChI=1S/C24H24NO3.BrH/c1-16-11-18(9-10-25(16)15-17-7-5-4-6-8-17)20-12-19-13-22(27-2)23(28-3)14-21(19)24(20)26;/h4-10,13-14H,11-12,15H2,1-3H3;1H/q+1;/p-1. The second-order valence-electron chi connectivity index (χ2n) is 7.22. The Bertz CT molecular complexity index is 1040. The number of fused-ring (bicyclic) bond motifs is 1. The zero-order chi connectivity index (χ0) is 19.7. The lowest BCUT2D eigenvalue weighted by atomic mass is 9.97. The molecule has 0 atom stereocenters. The number of hydrogen-bond acceptors (Lipinski definition) is 3. The van der Waals surface area contributed by atoms with E-state index in [0.29, 0.717) is 17.9 Å². The van der Waals surface area contributed by atoms with Crippen molar-refractivity contribution in [2.24, 2.45) is 0 Å². The first-order valence-electron chi connectivity index (χ1n) is 9.43. The Labute approximate surface area is 181 Å². The van der Waals surface area contributed by atoms with E-state index in [1.165, 1.54) is 11.3 Å². The van der Waals surface area contributed by atoms with Gasteiger partial charge in [-0.05, 0) is 23.3 Å². The molecule has 0 radical (unpaired) electrons. The highest BCUT2D eigenvalue weighted by Gasteiger charge is 2.30. The molecule has 29 heavy (non-hydrogen) atoms. The van der Waals surface area contributed by atoms with Gasteiger partial charge < -0.3 is 26.5 Å². The van der Waals surface area contributed by atoms with Crippen molar-refractivity contribution in [2.45, 2.75) is 26.3 Å². The van der Waals surface area contributed by atoms with Gasteiger partial charge in [-0.3, -0.25) is 4.79 Å². The van der Waals surface area contributed by atoms with Crippen LogP contribution in [0.2, 0.25) is 0 Å². The smallest absolute Gasteiger partial charge is 0.190 e. The molecule has 0 saturated carbocycles. The van der Waals surface area contributed by atoms with E-state index in [4.69, 9.17) is 9.47 Å². The average Bonchev–Trinajstić information content (AvgIpc) is 3.05. The molecule has 2 aliphatic rings. The monoisotopic (exact) mass is 453 g/mol. The highest BCUT2D eigenvalue weighted by molar-refractivity contribution is 6.14. The quantitative estimate of drug-likeness (QED) is 0.517. The summed E-state index contributed by atoms with van der Waals surface area (Å²) >= 11 is 0. The number of halogens is 1. The summed E-state index contributed by atoms with van der Waals surface area (Å²) in [5.74, 6) is 1.35. The molecule has 4 rings (SSSR count). The fourth-order valence-corrected chi connectivity index (χ4v) is 3.89. The molecule has 0 saturated heterocycles. The number of carbonyl (C=O) groups excluding carboxylic acids is 1. The van der Waals surface area contributed by atoms with Crippen LogP contribution >= 0.6 is 0 Å². The molecule has 0 unspecified atom stereocenters. The number of ether oxygens (including phenoxy) is 2. The summed E-state index contributed by atoms with van der Waals surface area (Å²) in [5.41, 5.74) is 6.21. The molecule has 0 aromatic heterocycles. The minimum absolute atomic E-state index is 0. The van der Waals surface area contributed by atoms with Crippen molar-refractivity contribution in [3.63, 3.8) is 0 Å². The SMILES string of the molecule is COc1cc2c(cc1OC)C(=O)C(=C1C=C[N+](Cc3ccccc3)=C(C)C1)C2.[Br-]. The number of carbonyl (C=O) groups is 1. The van der Waals surface area contributed by atoms with Gasteiger partial charge in [-0.25, -0.2) is 4.58 Å². The number of Topliss-reactive ketones (excluding diaryl/α,β-unsaturated/α-hetero) is 1. The van der Waals surface area contributed by atoms with Crippen molar-refractivity contribution in [3.8, 4) is 11.5 Å². The van der Waals surface area contributed by atoms with Crippen molar-refractivity contribution in [3.05, 3.63) is 82.6 Å². The zero-order valence-electron chi connectivity index (χ0n) is 16.9. The molecule has 4 nitrogen and oxygen atoms in total. The summed E-state index contributed by atoms with van der Waals surface area (Å²) in [4.78, 5) is 13.0. The maximum absolute atomic E-state index is 13.0. The molecule has 1 aliphatic carbocycles. The van der Waals surface area contributed by atoms with Crippen LogP contribution in [0.1, 0.15) is 34.8 Å². The lowest BCUT2D eigenvalue weighted by molar-refractivity contribution is -0.476. The molecule has 0 N–H and O–H groups in total. The summed E-state index contributed by atoms with van der Waals surface area (Å²) in [7, 11) is 3.20. The Morgan fingerprint density at radius 3 is 2.34 bits per heavy atom. The maximum Gasteiger partial charge on any atom is 0.190 e. The predicted octanol–water partition coefficient (Wildman–Crippen LogP) is 1.33. The molecular formula is C24H24BrNO3. The van der Waals surface area contributed by atoms with E-state index in [-0.39, 0.29) is 22.8 Å². The summed E-state index contributed by atoms with van der Waals surface area (Å²) in [6.07, 6.45) is 5.60. The van der Waals surface area contributed by atoms with E-state index >= 15 is 0 Å². The first-order valence-corrected chi connectivity index (χ1v) is 9.43. The van der Waals surface area contributed by atoms with Crippen molar-refractivity contribution >= 4 is 11.5 Å². The number of nitrogens with zero attached hydrogens (tertiary/aromatic N) is 1. The maximum atomic E-state index is 13.0. The average molecular weight is 454 g/mol. The van der Waals surface area contributed by atoms with E-state index in [0.717, 1.165) is 35.2 Å². The van der Waals surface area contributed by atoms with Crippen LogP contribution in [0.3, 0.4) is 0 Å². The second-order valence-corrected chi connectivity index (χ2v) is 7.22. The molecule has 0 fully saturated rings. The second kappa shape index (κ2) is 8.78. The highest BCUT2D eigenvalue weighted by atomic mass is 79.9. The first-order chi connectivity index (χ1) is 13.6. The fourth-order valence-electron chi connectivity index (χ4n) is 3.89. The van der Waals surface area contributed by atoms with Gasteiger partial charge in [0.25, 0.3) is 0 Å². The number of ketones is 1. The normalized spacial score (nSPS) is 17.8. The van der Waals surface area contributed by atoms with E-state index < -0.39 is 0 Å². The highest BCUT2D eigenvalue weighted by Crippen LogP contribution is 2.38. The van der Waals surface area contributed by atoms with Crippen LogP contribution in [-0.2, 0) is 13.0 Å². The lowest BCUT2D eigenvalue weighted by Gasteiger charge is -2.11. The van der Waals surface area contributed by atoms with Gasteiger partial charge in [-0.1, -0.05) is 30.3 Å². The summed E-state index contributed by atoms with van der Waals surface area (Å²) in [6.45, 7) is 2.97. The van der Waals surface area contributed by atoms with Gasteiger partial charge in [0.1, 0.15) is 0 Å². The zero-order valence-corrected chi connectivity index (χ0v) is 18.5. The molecule has 0 bridgehead atoms. The van der Waals surface area contributed by atoms with Gasteiger partial charge in [0.2, 0.25) is 0 Å². The van der Waals surface area contributed by atoms with Crippen LogP contribution in [0.15, 0.2) is 65.9 Å². The van der Waals surface area contributed by atoms with Gasteiger partial charge in [0.05, 0.1) is 20.6 Å². The predicted molar refractivity (Wildman–Crippen MR) is 109 cm³/mol. The largest absolute Gasteiger partial charge is 1.00 e. The van der Waals surface area contributed by atoms with Crippen molar-refractivity contribution in [1.82, 2.24) is 0 Å². The van der Waals surface area contributed by atoms with Gasteiger partial charge in [0.15, 0.2) is 35.7 Å². The van der Waals surface area contributed by atoms with Gasteiger partial charge in [0, 0.05) is 36.1 Å². The Hall–Kier alpha value is -2.66. The van der Waals surface area contributed by atoms with Gasteiger partial charge in [-0.15, -0.1) is 0 Å². The minimum Gasteiger partial charge on any atom is -1.00 e. The Morgan fingerprint density at radius 2 is 1.69 bits per heavy atom. The Kier molecular flexibility index (Phi) is 6.38. The lowest BCUT2D eigenvalue weighted by Crippen LogP contribution is -3.00. The van der Waals surface area contributed by atoms with Gasteiger partial charge >= 0.3 is 0 Å². The third-order valence-electron chi connectivity index (χ3n) is 5.47. The molecule has 2 aromatic rings. The van der Waals surface area contributed by atoms with Gasteiger partial charge in [-0.2, -0.15) is 0 Å². The van der Waals surface area contributed by atoms with E-state index in [1.807, 2.05) is 12.1 Å². The number of benzene rings is 2. The molecule has 2 aromatic carbocycles. The Balaban J connectivity index is 0.00000240. The number of allylic oxidation sites excluding steroid dienone is 3. The van der Waals surface area contributed by atoms with E-state index in [9.17, 15) is 4.79 Å². The molecular weight excluding hydrogens is 430 g/mol. The summed E-state index contributed by atoms with van der Waals surface area (Å²) in [6, 6.07) is 14.1. The van der Waals surface area contributed by atoms with E-state index in [2.05, 4.69) is 48.0 Å². The van der Waals surface area contributed by atoms with Crippen LogP contribution in [0.4, 0.5) is 0 Å². The fraction of sp³-hybridized carbons (Fsp3) is 0.250. The van der Waals surface area contributed by atoms with E-state index in [1.54, 1.807) is 20.3 Å². The Morgan fingerprint density at radius 1 is 1.00 bits per heavy atom. The van der Waals surface area contributed by atoms with Crippen molar-refractivity contribution in [1.29, 1.82) is 0 Å². The molecule has 0 amide bonds. The number of rotatable bonds is 4. The summed E-state index contributed by atoms with van der Waals surface area (Å²) in [5, 5.41) is 0. The minimum atomic E-state index is 0. The molecule has 5 heteroatoms. The molecule has 1 heterocycles. The van der Waals surface area contributed by atoms with Crippen LogP contribution in [0, 0.1) is 0 Å². The molecule has 150 valence electrons. The number of hydrogen-bond donors (Lipinski definition) is 0. The summed E-state index contributed by atoms with van der Waals surface area (Å²) < 4.78 is 13.0. The van der Waals surface area contributed by atoms with Crippen LogP contribution in [-0.4, -0.2) is 30.3 Å². The topological polar surface area (TPSA) is 38.5 Å². The number of methoxy groups -OCH3 is 2. The van der Waals surface area contributed by atoms with Crippen molar-refractivity contribution < 1.29 is 35.8 Å². The third kappa shape index (κ3) is 4.06. The third-order valence-corrected chi connectivity index (χ3v) is 5.47. The van der Waals surface area contributed by atoms with Crippen LogP contribution in [0.25, 0.3) is 0 Å².